The SMILES string of the molecule is Cc1nc(CC(C)C)sc1C(=O)NCc1cccc(N2CCCC2=O)c1. The molecular weight excluding hydrogens is 346 g/mol. The number of carbonyl (C=O) groups excluding carboxylic acids is 2. The molecule has 1 aliphatic rings. The van der Waals surface area contributed by atoms with Crippen LogP contribution in [0.3, 0.4) is 0 Å². The molecule has 6 heteroatoms. The number of benzene rings is 1. The lowest BCUT2D eigenvalue weighted by Gasteiger charge is -2.16. The van der Waals surface area contributed by atoms with Crippen molar-refractivity contribution in [3.8, 4) is 0 Å². The summed E-state index contributed by atoms with van der Waals surface area (Å²) < 4.78 is 0. The molecule has 1 aromatic carbocycles. The van der Waals surface area contributed by atoms with Gasteiger partial charge in [-0.2, -0.15) is 0 Å². The number of hydrogen-bond acceptors (Lipinski definition) is 4. The summed E-state index contributed by atoms with van der Waals surface area (Å²) in [5.41, 5.74) is 2.69. The minimum absolute atomic E-state index is 0.0855. The van der Waals surface area contributed by atoms with Gasteiger partial charge in [-0.15, -0.1) is 11.3 Å². The predicted octanol–water partition coefficient (Wildman–Crippen LogP) is 3.71. The fourth-order valence-electron chi connectivity index (χ4n) is 3.12. The van der Waals surface area contributed by atoms with Gasteiger partial charge in [0.2, 0.25) is 5.91 Å². The smallest absolute Gasteiger partial charge is 0.263 e. The molecule has 1 aliphatic heterocycles. The maximum atomic E-state index is 12.5. The molecule has 0 bridgehead atoms. The number of aryl methyl sites for hydroxylation is 1. The maximum absolute atomic E-state index is 12.5. The van der Waals surface area contributed by atoms with Gasteiger partial charge < -0.3 is 10.2 Å². The molecule has 0 spiro atoms. The second kappa shape index (κ2) is 7.99. The first-order valence-corrected chi connectivity index (χ1v) is 9.89. The summed E-state index contributed by atoms with van der Waals surface area (Å²) in [5, 5.41) is 3.99. The second-order valence-corrected chi connectivity index (χ2v) is 8.21. The molecular formula is C20H25N3O2S. The van der Waals surface area contributed by atoms with Gasteiger partial charge in [-0.25, -0.2) is 4.98 Å². The summed E-state index contributed by atoms with van der Waals surface area (Å²) in [6.07, 6.45) is 2.41. The van der Waals surface area contributed by atoms with Gasteiger partial charge in [0.25, 0.3) is 5.91 Å². The van der Waals surface area contributed by atoms with E-state index in [9.17, 15) is 9.59 Å². The molecule has 2 aromatic rings. The van der Waals surface area contributed by atoms with Crippen molar-refractivity contribution in [3.05, 3.63) is 45.4 Å². The third kappa shape index (κ3) is 4.30. The minimum atomic E-state index is -0.0855. The first-order chi connectivity index (χ1) is 12.4. The van der Waals surface area contributed by atoms with Crippen LogP contribution in [0, 0.1) is 12.8 Å². The summed E-state index contributed by atoms with van der Waals surface area (Å²) in [6.45, 7) is 7.39. The van der Waals surface area contributed by atoms with Gasteiger partial charge in [-0.3, -0.25) is 9.59 Å². The second-order valence-electron chi connectivity index (χ2n) is 7.12. The average molecular weight is 372 g/mol. The highest BCUT2D eigenvalue weighted by Crippen LogP contribution is 2.23. The fraction of sp³-hybridized carbons (Fsp3) is 0.450. The van der Waals surface area contributed by atoms with Crippen molar-refractivity contribution in [2.24, 2.45) is 5.92 Å². The zero-order valence-electron chi connectivity index (χ0n) is 15.5. The van der Waals surface area contributed by atoms with Crippen LogP contribution in [-0.2, 0) is 17.8 Å². The van der Waals surface area contributed by atoms with Gasteiger partial charge in [0.1, 0.15) is 4.88 Å². The molecule has 1 N–H and O–H groups in total. The van der Waals surface area contributed by atoms with Crippen LogP contribution in [0.25, 0.3) is 0 Å². The van der Waals surface area contributed by atoms with Crippen molar-refractivity contribution in [2.45, 2.75) is 46.6 Å². The van der Waals surface area contributed by atoms with Crippen molar-refractivity contribution in [1.82, 2.24) is 10.3 Å². The highest BCUT2D eigenvalue weighted by Gasteiger charge is 2.22. The van der Waals surface area contributed by atoms with Crippen LogP contribution in [-0.4, -0.2) is 23.3 Å². The van der Waals surface area contributed by atoms with Gasteiger partial charge in [-0.05, 0) is 37.0 Å². The lowest BCUT2D eigenvalue weighted by Crippen LogP contribution is -2.25. The van der Waals surface area contributed by atoms with E-state index in [-0.39, 0.29) is 11.8 Å². The van der Waals surface area contributed by atoms with E-state index in [0.29, 0.717) is 23.8 Å². The van der Waals surface area contributed by atoms with E-state index in [1.165, 1.54) is 11.3 Å². The summed E-state index contributed by atoms with van der Waals surface area (Å²) in [5.74, 6) is 0.606. The van der Waals surface area contributed by atoms with Crippen molar-refractivity contribution >= 4 is 28.8 Å². The Morgan fingerprint density at radius 3 is 2.88 bits per heavy atom. The Labute approximate surface area is 158 Å². The molecule has 0 unspecified atom stereocenters. The zero-order chi connectivity index (χ0) is 18.7. The van der Waals surface area contributed by atoms with Gasteiger partial charge in [0, 0.05) is 31.6 Å². The van der Waals surface area contributed by atoms with E-state index in [1.54, 1.807) is 0 Å². The molecule has 26 heavy (non-hydrogen) atoms. The quantitative estimate of drug-likeness (QED) is 0.842. The standard InChI is InChI=1S/C20H25N3O2S/c1-13(2)10-17-22-14(3)19(26-17)20(25)21-12-15-6-4-7-16(11-15)23-9-5-8-18(23)24/h4,6-7,11,13H,5,8-10,12H2,1-3H3,(H,21,25). The van der Waals surface area contributed by atoms with E-state index >= 15 is 0 Å². The summed E-state index contributed by atoms with van der Waals surface area (Å²) >= 11 is 1.48. The number of carbonyl (C=O) groups is 2. The van der Waals surface area contributed by atoms with Crippen LogP contribution in [0.2, 0.25) is 0 Å². The fourth-order valence-corrected chi connectivity index (χ4v) is 4.31. The van der Waals surface area contributed by atoms with Crippen molar-refractivity contribution in [3.63, 3.8) is 0 Å². The number of nitrogens with one attached hydrogen (secondary N) is 1. The maximum Gasteiger partial charge on any atom is 0.263 e. The molecule has 0 aliphatic carbocycles. The van der Waals surface area contributed by atoms with Crippen LogP contribution >= 0.6 is 11.3 Å². The third-order valence-electron chi connectivity index (χ3n) is 4.38. The number of thiazole rings is 1. The van der Waals surface area contributed by atoms with E-state index < -0.39 is 0 Å². The summed E-state index contributed by atoms with van der Waals surface area (Å²) in [4.78, 5) is 31.4. The molecule has 5 nitrogen and oxygen atoms in total. The predicted molar refractivity (Wildman–Crippen MR) is 105 cm³/mol. The Morgan fingerprint density at radius 1 is 1.38 bits per heavy atom. The van der Waals surface area contributed by atoms with Crippen molar-refractivity contribution < 1.29 is 9.59 Å². The first kappa shape index (κ1) is 18.6. The highest BCUT2D eigenvalue weighted by molar-refractivity contribution is 7.13. The van der Waals surface area contributed by atoms with E-state index in [0.717, 1.165) is 41.3 Å². The Hall–Kier alpha value is -2.21. The number of amides is 2. The summed E-state index contributed by atoms with van der Waals surface area (Å²) in [6, 6.07) is 7.82. The zero-order valence-corrected chi connectivity index (χ0v) is 16.4. The molecule has 1 aromatic heterocycles. The monoisotopic (exact) mass is 371 g/mol. The molecule has 0 radical (unpaired) electrons. The van der Waals surface area contributed by atoms with Crippen LogP contribution in [0.5, 0.6) is 0 Å². The van der Waals surface area contributed by atoms with Gasteiger partial charge in [-0.1, -0.05) is 26.0 Å². The summed E-state index contributed by atoms with van der Waals surface area (Å²) in [7, 11) is 0. The van der Waals surface area contributed by atoms with Crippen LogP contribution in [0.4, 0.5) is 5.69 Å². The number of nitrogens with zero attached hydrogens (tertiary/aromatic N) is 2. The van der Waals surface area contributed by atoms with Gasteiger partial charge >= 0.3 is 0 Å². The molecule has 138 valence electrons. The van der Waals surface area contributed by atoms with Gasteiger partial charge in [0.15, 0.2) is 0 Å². The van der Waals surface area contributed by atoms with Crippen molar-refractivity contribution in [2.75, 3.05) is 11.4 Å². The highest BCUT2D eigenvalue weighted by atomic mass is 32.1. The third-order valence-corrected chi connectivity index (χ3v) is 5.56. The Balaban J connectivity index is 1.65. The Morgan fingerprint density at radius 2 is 2.19 bits per heavy atom. The molecule has 2 amide bonds. The lowest BCUT2D eigenvalue weighted by molar-refractivity contribution is -0.117. The van der Waals surface area contributed by atoms with Crippen LogP contribution in [0.15, 0.2) is 24.3 Å². The molecule has 0 saturated carbocycles. The number of hydrogen-bond donors (Lipinski definition) is 1. The number of aromatic nitrogens is 1. The molecule has 1 fully saturated rings. The average Bonchev–Trinajstić information content (AvgIpc) is 3.18. The lowest BCUT2D eigenvalue weighted by atomic mass is 10.1. The molecule has 3 rings (SSSR count). The van der Waals surface area contributed by atoms with E-state index in [1.807, 2.05) is 36.1 Å². The molecule has 2 heterocycles. The Kier molecular flexibility index (Phi) is 5.71. The first-order valence-electron chi connectivity index (χ1n) is 9.08. The number of anilines is 1. The van der Waals surface area contributed by atoms with Crippen molar-refractivity contribution in [1.29, 1.82) is 0 Å². The normalized spacial score (nSPS) is 14.3. The largest absolute Gasteiger partial charge is 0.347 e. The Bertz CT molecular complexity index is 813. The van der Waals surface area contributed by atoms with E-state index in [4.69, 9.17) is 0 Å². The molecule has 0 atom stereocenters. The van der Waals surface area contributed by atoms with E-state index in [2.05, 4.69) is 24.1 Å². The van der Waals surface area contributed by atoms with Gasteiger partial charge in [0.05, 0.1) is 10.7 Å². The van der Waals surface area contributed by atoms with Crippen LogP contribution in [0.1, 0.15) is 52.6 Å². The van der Waals surface area contributed by atoms with Crippen LogP contribution < -0.4 is 10.2 Å². The molecule has 1 saturated heterocycles. The number of rotatable bonds is 6. The minimum Gasteiger partial charge on any atom is -0.347 e. The topological polar surface area (TPSA) is 62.3 Å².